The highest BCUT2D eigenvalue weighted by atomic mass is 127. The summed E-state index contributed by atoms with van der Waals surface area (Å²) >= 11 is 3.42. The number of hydrogen-bond acceptors (Lipinski definition) is 8. The van der Waals surface area contributed by atoms with Crippen LogP contribution in [0.2, 0.25) is 0 Å². The van der Waals surface area contributed by atoms with Crippen LogP contribution in [0.15, 0.2) is 81.7 Å². The molecule has 0 spiro atoms. The number of nitrogens with zero attached hydrogens (tertiary/aromatic N) is 2. The zero-order valence-corrected chi connectivity index (χ0v) is 26.5. The highest BCUT2D eigenvalue weighted by Gasteiger charge is 2.34. The first kappa shape index (κ1) is 29.4. The van der Waals surface area contributed by atoms with E-state index < -0.39 is 6.04 Å². The second kappa shape index (κ2) is 12.4. The molecule has 0 fully saturated rings. The van der Waals surface area contributed by atoms with Crippen molar-refractivity contribution in [2.24, 2.45) is 4.99 Å². The van der Waals surface area contributed by atoms with Crippen LogP contribution in [0.5, 0.6) is 23.0 Å². The molecule has 0 aliphatic carbocycles. The molecule has 4 aromatic rings. The number of allylic oxidation sites excluding steroid dienone is 1. The van der Waals surface area contributed by atoms with Gasteiger partial charge in [-0.3, -0.25) is 14.2 Å². The van der Waals surface area contributed by atoms with Crippen LogP contribution in [0.1, 0.15) is 24.1 Å². The molecule has 9 nitrogen and oxygen atoms in total. The molecule has 0 saturated heterocycles. The van der Waals surface area contributed by atoms with E-state index in [0.29, 0.717) is 54.9 Å². The smallest absolute Gasteiger partial charge is 0.271 e. The highest BCUT2D eigenvalue weighted by Crippen LogP contribution is 2.38. The second-order valence-electron chi connectivity index (χ2n) is 9.25. The van der Waals surface area contributed by atoms with Crippen molar-refractivity contribution < 1.29 is 23.7 Å². The lowest BCUT2D eigenvalue weighted by atomic mass is 9.94. The monoisotopic (exact) mass is 697 g/mol. The van der Waals surface area contributed by atoms with Crippen molar-refractivity contribution >= 4 is 51.6 Å². The quantitative estimate of drug-likeness (QED) is 0.272. The van der Waals surface area contributed by atoms with Gasteiger partial charge in [0.2, 0.25) is 0 Å². The van der Waals surface area contributed by atoms with Gasteiger partial charge in [-0.1, -0.05) is 29.5 Å². The first-order valence-electron chi connectivity index (χ1n) is 12.8. The fraction of sp³-hybridized carbons (Fsp3) is 0.194. The average molecular weight is 698 g/mol. The number of fused-ring (bicyclic) bond motifs is 1. The van der Waals surface area contributed by atoms with Crippen molar-refractivity contribution in [3.8, 4) is 23.0 Å². The zero-order chi connectivity index (χ0) is 30.0. The normalized spacial score (nSPS) is 14.6. The minimum Gasteiger partial charge on any atom is -0.497 e. The number of hydrogen-bond donors (Lipinski definition) is 1. The van der Waals surface area contributed by atoms with Crippen molar-refractivity contribution in [1.82, 2.24) is 4.57 Å². The summed E-state index contributed by atoms with van der Waals surface area (Å²) in [4.78, 5) is 33.2. The molecule has 1 amide bonds. The molecule has 1 N–H and O–H groups in total. The number of para-hydroxylation sites is 1. The van der Waals surface area contributed by atoms with Crippen LogP contribution < -0.4 is 39.2 Å². The van der Waals surface area contributed by atoms with E-state index in [-0.39, 0.29) is 11.5 Å². The van der Waals surface area contributed by atoms with Gasteiger partial charge in [-0.05, 0) is 77.6 Å². The third kappa shape index (κ3) is 5.53. The summed E-state index contributed by atoms with van der Waals surface area (Å²) in [5.74, 6) is 1.87. The number of anilines is 1. The van der Waals surface area contributed by atoms with E-state index in [1.807, 2.05) is 36.4 Å². The summed E-state index contributed by atoms with van der Waals surface area (Å²) in [7, 11) is 6.26. The van der Waals surface area contributed by atoms with Gasteiger partial charge in [-0.2, -0.15) is 0 Å². The number of benzene rings is 3. The number of carbonyl (C=O) groups is 1. The summed E-state index contributed by atoms with van der Waals surface area (Å²) in [5, 5.41) is 2.96. The molecule has 2 heterocycles. The van der Waals surface area contributed by atoms with Gasteiger partial charge in [0.05, 0.1) is 47.8 Å². The number of halogens is 1. The fourth-order valence-electron chi connectivity index (χ4n) is 4.84. The largest absolute Gasteiger partial charge is 0.497 e. The molecular formula is C31H28IN3O6S. The van der Waals surface area contributed by atoms with Gasteiger partial charge in [0, 0.05) is 17.3 Å². The summed E-state index contributed by atoms with van der Waals surface area (Å²) in [6, 6.07) is 17.4. The second-order valence-corrected chi connectivity index (χ2v) is 11.4. The SMILES string of the molecule is COc1ccc([C@H]2C(C(=O)Nc3ccccc3)=C(C)N=c3s/c(=C\c4cc(I)c(OC)c(OC)c4)c(=O)n32)c(OC)c1. The van der Waals surface area contributed by atoms with E-state index >= 15 is 0 Å². The molecule has 5 rings (SSSR count). The third-order valence-electron chi connectivity index (χ3n) is 6.79. The minimum atomic E-state index is -0.807. The Balaban J connectivity index is 1.72. The van der Waals surface area contributed by atoms with Crippen LogP contribution in [0.4, 0.5) is 5.69 Å². The van der Waals surface area contributed by atoms with E-state index in [2.05, 4.69) is 27.9 Å². The predicted octanol–water partition coefficient (Wildman–Crippen LogP) is 4.51. The Morgan fingerprint density at radius 1 is 0.976 bits per heavy atom. The lowest BCUT2D eigenvalue weighted by molar-refractivity contribution is -0.113. The molecule has 0 bridgehead atoms. The van der Waals surface area contributed by atoms with Crippen LogP contribution in [-0.4, -0.2) is 38.9 Å². The molecule has 11 heteroatoms. The van der Waals surface area contributed by atoms with Crippen molar-refractivity contribution in [3.63, 3.8) is 0 Å². The summed E-state index contributed by atoms with van der Waals surface area (Å²) in [6.07, 6.45) is 1.79. The molecule has 42 heavy (non-hydrogen) atoms. The Bertz CT molecular complexity index is 1880. The summed E-state index contributed by atoms with van der Waals surface area (Å²) in [5.41, 5.74) is 2.56. The number of nitrogens with one attached hydrogen (secondary N) is 1. The maximum Gasteiger partial charge on any atom is 0.271 e. The Kier molecular flexibility index (Phi) is 8.69. The number of ether oxygens (including phenoxy) is 4. The molecular weight excluding hydrogens is 669 g/mol. The molecule has 0 radical (unpaired) electrons. The summed E-state index contributed by atoms with van der Waals surface area (Å²) < 4.78 is 24.9. The molecule has 216 valence electrons. The van der Waals surface area contributed by atoms with Gasteiger partial charge >= 0.3 is 0 Å². The van der Waals surface area contributed by atoms with E-state index in [9.17, 15) is 9.59 Å². The molecule has 1 aromatic heterocycles. The topological polar surface area (TPSA) is 100 Å². The van der Waals surface area contributed by atoms with Crippen LogP contribution in [0.25, 0.3) is 6.08 Å². The average Bonchev–Trinajstić information content (AvgIpc) is 3.29. The number of carbonyl (C=O) groups excluding carboxylic acids is 1. The molecule has 3 aromatic carbocycles. The van der Waals surface area contributed by atoms with Gasteiger partial charge in [0.15, 0.2) is 16.3 Å². The molecule has 0 unspecified atom stereocenters. The lowest BCUT2D eigenvalue weighted by Gasteiger charge is -2.26. The van der Waals surface area contributed by atoms with Gasteiger partial charge in [0.1, 0.15) is 17.5 Å². The number of rotatable bonds is 8. The van der Waals surface area contributed by atoms with Crippen molar-refractivity contribution in [2.45, 2.75) is 13.0 Å². The first-order valence-corrected chi connectivity index (χ1v) is 14.7. The Hall–Kier alpha value is -4.10. The van der Waals surface area contributed by atoms with E-state index in [1.54, 1.807) is 70.3 Å². The van der Waals surface area contributed by atoms with Crippen molar-refractivity contribution in [3.05, 3.63) is 106 Å². The van der Waals surface area contributed by atoms with Gasteiger partial charge in [-0.25, -0.2) is 4.99 Å². The minimum absolute atomic E-state index is 0.288. The molecule has 1 aliphatic heterocycles. The fourth-order valence-corrected chi connectivity index (χ4v) is 6.74. The number of methoxy groups -OCH3 is 4. The maximum absolute atomic E-state index is 14.1. The van der Waals surface area contributed by atoms with Crippen LogP contribution in [0, 0.1) is 3.57 Å². The number of amides is 1. The molecule has 0 saturated carbocycles. The maximum atomic E-state index is 14.1. The lowest BCUT2D eigenvalue weighted by Crippen LogP contribution is -2.40. The first-order chi connectivity index (χ1) is 20.3. The van der Waals surface area contributed by atoms with Gasteiger partial charge < -0.3 is 24.3 Å². The molecule has 1 aliphatic rings. The summed E-state index contributed by atoms with van der Waals surface area (Å²) in [6.45, 7) is 1.77. The van der Waals surface area contributed by atoms with E-state index in [0.717, 1.165) is 9.13 Å². The number of thiazole rings is 1. The third-order valence-corrected chi connectivity index (χ3v) is 8.57. The van der Waals surface area contributed by atoms with Crippen LogP contribution >= 0.6 is 33.9 Å². The highest BCUT2D eigenvalue weighted by molar-refractivity contribution is 14.1. The van der Waals surface area contributed by atoms with Gasteiger partial charge in [0.25, 0.3) is 11.5 Å². The van der Waals surface area contributed by atoms with Crippen molar-refractivity contribution in [2.75, 3.05) is 33.8 Å². The standard InChI is InChI=1S/C31H28IN3O6S/c1-17-26(29(36)34-19-9-7-6-8-10-19)27(21-12-11-20(38-2)16-23(21)39-3)35-30(37)25(42-31(35)33-17)15-18-13-22(32)28(41-5)24(14-18)40-4/h6-16,27H,1-5H3,(H,34,36)/b25-15-/t27-/m0/s1. The Morgan fingerprint density at radius 3 is 2.38 bits per heavy atom. The van der Waals surface area contributed by atoms with Gasteiger partial charge in [-0.15, -0.1) is 0 Å². The molecule has 1 atom stereocenters. The predicted molar refractivity (Wildman–Crippen MR) is 171 cm³/mol. The van der Waals surface area contributed by atoms with E-state index in [1.165, 1.54) is 11.3 Å². The Labute approximate surface area is 259 Å². The van der Waals surface area contributed by atoms with Crippen LogP contribution in [0.3, 0.4) is 0 Å². The van der Waals surface area contributed by atoms with Crippen LogP contribution in [-0.2, 0) is 4.79 Å². The van der Waals surface area contributed by atoms with E-state index in [4.69, 9.17) is 23.9 Å². The zero-order valence-electron chi connectivity index (χ0n) is 23.6. The van der Waals surface area contributed by atoms with Crippen molar-refractivity contribution in [1.29, 1.82) is 0 Å². The Morgan fingerprint density at radius 2 is 1.71 bits per heavy atom. The number of aromatic nitrogens is 1.